The van der Waals surface area contributed by atoms with E-state index >= 15 is 0 Å². The Morgan fingerprint density at radius 1 is 1.26 bits per heavy atom. The van der Waals surface area contributed by atoms with Gasteiger partial charge in [0, 0.05) is 24.8 Å². The Balaban J connectivity index is 2.39. The number of Topliss-reactive ketones (excluding diaryl/α,β-unsaturated/α-hetero) is 1. The minimum absolute atomic E-state index is 0.0441. The molecule has 0 heterocycles. The van der Waals surface area contributed by atoms with Crippen LogP contribution in [-0.4, -0.2) is 31.1 Å². The molecular weight excluding hydrogens is 300 g/mol. The maximum atomic E-state index is 13.9. The smallest absolute Gasteiger partial charge is 0.309 e. The van der Waals surface area contributed by atoms with E-state index < -0.39 is 18.1 Å². The highest BCUT2D eigenvalue weighted by Gasteiger charge is 2.38. The minimum Gasteiger partial charge on any atom is -0.494 e. The summed E-state index contributed by atoms with van der Waals surface area (Å²) >= 11 is 0. The van der Waals surface area contributed by atoms with Crippen LogP contribution in [0.15, 0.2) is 47.0 Å². The molecule has 126 valence electrons. The van der Waals surface area contributed by atoms with Gasteiger partial charge in [0.2, 0.25) is 5.78 Å². The molecule has 0 aliphatic carbocycles. The first kappa shape index (κ1) is 19.0. The van der Waals surface area contributed by atoms with E-state index in [9.17, 15) is 13.6 Å². The van der Waals surface area contributed by atoms with Crippen LogP contribution in [0.4, 0.5) is 8.78 Å². The summed E-state index contributed by atoms with van der Waals surface area (Å²) in [4.78, 5) is 15.7. The average Bonchev–Trinajstić information content (AvgIpc) is 2.56. The molecule has 0 amide bonds. The van der Waals surface area contributed by atoms with Gasteiger partial charge in [-0.2, -0.15) is 8.78 Å². The van der Waals surface area contributed by atoms with E-state index in [1.165, 1.54) is 12.3 Å². The summed E-state index contributed by atoms with van der Waals surface area (Å²) in [7, 11) is 0. The van der Waals surface area contributed by atoms with Crippen LogP contribution in [0.1, 0.15) is 33.1 Å². The molecule has 0 bridgehead atoms. The number of carbonyl (C=O) groups excluding carboxylic acids is 1. The maximum Gasteiger partial charge on any atom is 0.309 e. The predicted molar refractivity (Wildman–Crippen MR) is 88.5 cm³/mol. The number of hydrogen-bond acceptors (Lipinski definition) is 3. The van der Waals surface area contributed by atoms with Crippen molar-refractivity contribution in [2.24, 2.45) is 4.99 Å². The highest BCUT2D eigenvalue weighted by Crippen LogP contribution is 2.25. The molecule has 0 radical (unpaired) electrons. The van der Waals surface area contributed by atoms with E-state index in [2.05, 4.69) is 4.99 Å². The summed E-state index contributed by atoms with van der Waals surface area (Å²) < 4.78 is 33.3. The third-order valence-electron chi connectivity index (χ3n) is 3.22. The highest BCUT2D eigenvalue weighted by molar-refractivity contribution is 6.16. The van der Waals surface area contributed by atoms with Crippen LogP contribution in [0.5, 0.6) is 5.75 Å². The molecule has 0 atom stereocenters. The number of alkyl halides is 2. The number of ether oxygens (including phenoxy) is 1. The summed E-state index contributed by atoms with van der Waals surface area (Å²) in [5.74, 6) is -3.82. The Morgan fingerprint density at radius 2 is 1.96 bits per heavy atom. The van der Waals surface area contributed by atoms with E-state index in [-0.39, 0.29) is 12.0 Å². The SMILES string of the molecule is C/C=C(\C=NCC)C(=O)C(F)(F)CCCCOc1ccccc1. The van der Waals surface area contributed by atoms with E-state index in [0.717, 1.165) is 0 Å². The van der Waals surface area contributed by atoms with Crippen LogP contribution in [0.25, 0.3) is 0 Å². The van der Waals surface area contributed by atoms with Gasteiger partial charge < -0.3 is 4.74 Å². The van der Waals surface area contributed by atoms with Crippen LogP contribution in [0.3, 0.4) is 0 Å². The summed E-state index contributed by atoms with van der Waals surface area (Å²) in [5.41, 5.74) is -0.0441. The lowest BCUT2D eigenvalue weighted by atomic mass is 10.0. The van der Waals surface area contributed by atoms with Gasteiger partial charge in [-0.15, -0.1) is 0 Å². The number of rotatable bonds is 10. The van der Waals surface area contributed by atoms with Gasteiger partial charge in [0.1, 0.15) is 5.75 Å². The molecule has 1 aromatic carbocycles. The number of ketones is 1. The number of unbranched alkanes of at least 4 members (excludes halogenated alkanes) is 1. The lowest BCUT2D eigenvalue weighted by molar-refractivity contribution is -0.139. The third kappa shape index (κ3) is 6.72. The molecule has 0 unspecified atom stereocenters. The van der Waals surface area contributed by atoms with Gasteiger partial charge in [-0.1, -0.05) is 24.3 Å². The van der Waals surface area contributed by atoms with Gasteiger partial charge >= 0.3 is 5.92 Å². The molecule has 0 aromatic heterocycles. The van der Waals surface area contributed by atoms with E-state index in [1.54, 1.807) is 13.8 Å². The van der Waals surface area contributed by atoms with Crippen LogP contribution < -0.4 is 4.74 Å². The fraction of sp³-hybridized carbons (Fsp3) is 0.444. The Morgan fingerprint density at radius 3 is 2.57 bits per heavy atom. The summed E-state index contributed by atoms with van der Waals surface area (Å²) in [6, 6.07) is 9.18. The molecule has 0 saturated carbocycles. The van der Waals surface area contributed by atoms with Gasteiger partial charge in [-0.3, -0.25) is 9.79 Å². The topological polar surface area (TPSA) is 38.7 Å². The standard InChI is InChI=1S/C18H23F2NO2/c1-3-15(14-21-4-2)17(22)18(19,20)12-8-9-13-23-16-10-6-5-7-11-16/h3,5-7,10-11,14H,4,8-9,12-13H2,1-2H3/b15-3+,21-14?. The Kier molecular flexibility index (Phi) is 8.16. The molecule has 0 aliphatic heterocycles. The van der Waals surface area contributed by atoms with Crippen molar-refractivity contribution in [3.8, 4) is 5.75 Å². The van der Waals surface area contributed by atoms with Crippen LogP contribution in [0, 0.1) is 0 Å². The Bertz CT molecular complexity index is 539. The molecule has 3 nitrogen and oxygen atoms in total. The van der Waals surface area contributed by atoms with E-state index in [0.29, 0.717) is 25.3 Å². The zero-order chi connectivity index (χ0) is 17.1. The molecule has 5 heteroatoms. The van der Waals surface area contributed by atoms with E-state index in [1.807, 2.05) is 30.3 Å². The Hall–Kier alpha value is -2.04. The summed E-state index contributed by atoms with van der Waals surface area (Å²) in [6.45, 7) is 4.13. The monoisotopic (exact) mass is 323 g/mol. The summed E-state index contributed by atoms with van der Waals surface area (Å²) in [5, 5.41) is 0. The number of nitrogens with zero attached hydrogens (tertiary/aromatic N) is 1. The van der Waals surface area contributed by atoms with Crippen molar-refractivity contribution in [3.05, 3.63) is 42.0 Å². The molecule has 1 rings (SSSR count). The van der Waals surface area contributed by atoms with Gasteiger partial charge in [-0.25, -0.2) is 0 Å². The lowest BCUT2D eigenvalue weighted by Crippen LogP contribution is -2.30. The van der Waals surface area contributed by atoms with Crippen molar-refractivity contribution >= 4 is 12.0 Å². The zero-order valence-electron chi connectivity index (χ0n) is 13.6. The second-order valence-electron chi connectivity index (χ2n) is 5.02. The van der Waals surface area contributed by atoms with Crippen LogP contribution in [-0.2, 0) is 4.79 Å². The third-order valence-corrected chi connectivity index (χ3v) is 3.22. The average molecular weight is 323 g/mol. The molecule has 0 aliphatic rings. The van der Waals surface area contributed by atoms with Gasteiger partial charge in [-0.05, 0) is 38.8 Å². The second kappa shape index (κ2) is 9.87. The lowest BCUT2D eigenvalue weighted by Gasteiger charge is -2.15. The number of aliphatic imine (C=N–C) groups is 1. The number of carbonyl (C=O) groups is 1. The first-order valence-electron chi connectivity index (χ1n) is 7.78. The fourth-order valence-electron chi connectivity index (χ4n) is 1.93. The fourth-order valence-corrected chi connectivity index (χ4v) is 1.93. The first-order chi connectivity index (χ1) is 11.0. The van der Waals surface area contributed by atoms with Crippen LogP contribution >= 0.6 is 0 Å². The number of para-hydroxylation sites is 1. The van der Waals surface area contributed by atoms with Crippen molar-refractivity contribution in [3.63, 3.8) is 0 Å². The zero-order valence-corrected chi connectivity index (χ0v) is 13.6. The molecule has 0 saturated heterocycles. The second-order valence-corrected chi connectivity index (χ2v) is 5.02. The maximum absolute atomic E-state index is 13.9. The molecule has 0 fully saturated rings. The van der Waals surface area contributed by atoms with E-state index in [4.69, 9.17) is 4.74 Å². The van der Waals surface area contributed by atoms with Crippen molar-refractivity contribution < 1.29 is 18.3 Å². The predicted octanol–water partition coefficient (Wildman–Crippen LogP) is 4.48. The molecule has 0 spiro atoms. The highest BCUT2D eigenvalue weighted by atomic mass is 19.3. The largest absolute Gasteiger partial charge is 0.494 e. The molecule has 23 heavy (non-hydrogen) atoms. The van der Waals surface area contributed by atoms with Crippen molar-refractivity contribution in [1.82, 2.24) is 0 Å². The number of hydrogen-bond donors (Lipinski definition) is 0. The first-order valence-corrected chi connectivity index (χ1v) is 7.78. The van der Waals surface area contributed by atoms with Gasteiger partial charge in [0.15, 0.2) is 0 Å². The van der Waals surface area contributed by atoms with Crippen molar-refractivity contribution in [1.29, 1.82) is 0 Å². The number of benzene rings is 1. The quantitative estimate of drug-likeness (QED) is 0.362. The normalized spacial score (nSPS) is 12.6. The Labute approximate surface area is 136 Å². The molecular formula is C18H23F2NO2. The molecule has 0 N–H and O–H groups in total. The number of allylic oxidation sites excluding steroid dienone is 2. The van der Waals surface area contributed by atoms with Crippen molar-refractivity contribution in [2.45, 2.75) is 39.0 Å². The van der Waals surface area contributed by atoms with Crippen molar-refractivity contribution in [2.75, 3.05) is 13.2 Å². The summed E-state index contributed by atoms with van der Waals surface area (Å²) in [6.07, 6.45) is 2.78. The van der Waals surface area contributed by atoms with Gasteiger partial charge in [0.05, 0.1) is 6.61 Å². The van der Waals surface area contributed by atoms with Crippen LogP contribution in [0.2, 0.25) is 0 Å². The minimum atomic E-state index is -3.37. The van der Waals surface area contributed by atoms with Gasteiger partial charge in [0.25, 0.3) is 0 Å². The molecule has 1 aromatic rings. The number of halogens is 2.